The van der Waals surface area contributed by atoms with Crippen molar-refractivity contribution in [1.82, 2.24) is 5.32 Å². The van der Waals surface area contributed by atoms with Crippen LogP contribution in [0.2, 0.25) is 0 Å². The average Bonchev–Trinajstić information content (AvgIpc) is 2.49. The summed E-state index contributed by atoms with van der Waals surface area (Å²) in [5.74, 6) is 0.689. The summed E-state index contributed by atoms with van der Waals surface area (Å²) in [5, 5.41) is 12.9. The Bertz CT molecular complexity index is 192. The van der Waals surface area contributed by atoms with Crippen molar-refractivity contribution in [1.29, 1.82) is 0 Å². The van der Waals surface area contributed by atoms with Gasteiger partial charge in [0.1, 0.15) is 0 Å². The third kappa shape index (κ3) is 2.47. The summed E-state index contributed by atoms with van der Waals surface area (Å²) >= 11 is 0. The number of rotatable bonds is 4. The summed E-state index contributed by atoms with van der Waals surface area (Å²) in [6.45, 7) is 6.17. The van der Waals surface area contributed by atoms with Crippen LogP contribution in [-0.2, 0) is 4.74 Å². The van der Waals surface area contributed by atoms with Crippen molar-refractivity contribution in [2.24, 2.45) is 11.3 Å². The number of hydrogen-bond acceptors (Lipinski definition) is 3. The molecule has 1 aliphatic heterocycles. The number of nitrogens with one attached hydrogen (secondary N) is 1. The minimum Gasteiger partial charge on any atom is -0.393 e. The van der Waals surface area contributed by atoms with Crippen LogP contribution < -0.4 is 5.32 Å². The Morgan fingerprint density at radius 3 is 2.71 bits per heavy atom. The van der Waals surface area contributed by atoms with Crippen molar-refractivity contribution < 1.29 is 9.84 Å². The molecule has 0 radical (unpaired) electrons. The van der Waals surface area contributed by atoms with Gasteiger partial charge in [-0.05, 0) is 31.7 Å². The third-order valence-corrected chi connectivity index (χ3v) is 3.40. The Labute approximate surface area is 85.8 Å². The first kappa shape index (κ1) is 10.4. The fourth-order valence-corrected chi connectivity index (χ4v) is 2.36. The van der Waals surface area contributed by atoms with Gasteiger partial charge in [-0.3, -0.25) is 0 Å². The maximum atomic E-state index is 9.37. The Kier molecular flexibility index (Phi) is 3.10. The number of aliphatic hydroxyl groups is 1. The van der Waals surface area contributed by atoms with Crippen LogP contribution in [0.1, 0.15) is 26.2 Å². The zero-order chi connectivity index (χ0) is 10.0. The molecule has 1 saturated carbocycles. The first-order valence-corrected chi connectivity index (χ1v) is 5.64. The third-order valence-electron chi connectivity index (χ3n) is 3.40. The van der Waals surface area contributed by atoms with Gasteiger partial charge in [0.05, 0.1) is 19.3 Å². The van der Waals surface area contributed by atoms with Crippen molar-refractivity contribution in [3.8, 4) is 0 Å². The largest absolute Gasteiger partial charge is 0.393 e. The molecule has 2 rings (SSSR count). The molecule has 0 aromatic heterocycles. The standard InChI is InChI=1S/C11H21NO2/c1-11(7-14-8-11)6-12-5-9-2-3-10(13)4-9/h9-10,12-13H,2-8H2,1H3. The van der Waals surface area contributed by atoms with Crippen molar-refractivity contribution in [3.63, 3.8) is 0 Å². The van der Waals surface area contributed by atoms with E-state index < -0.39 is 0 Å². The first-order valence-electron chi connectivity index (χ1n) is 5.64. The van der Waals surface area contributed by atoms with Crippen LogP contribution in [0.5, 0.6) is 0 Å². The van der Waals surface area contributed by atoms with Gasteiger partial charge < -0.3 is 15.2 Å². The number of aliphatic hydroxyl groups excluding tert-OH is 1. The molecule has 82 valence electrons. The zero-order valence-corrected chi connectivity index (χ0v) is 8.96. The van der Waals surface area contributed by atoms with Crippen molar-refractivity contribution >= 4 is 0 Å². The minimum atomic E-state index is -0.0376. The lowest BCUT2D eigenvalue weighted by atomic mass is 9.88. The quantitative estimate of drug-likeness (QED) is 0.703. The van der Waals surface area contributed by atoms with Crippen LogP contribution in [0, 0.1) is 11.3 Å². The van der Waals surface area contributed by atoms with E-state index in [2.05, 4.69) is 12.2 Å². The molecule has 1 saturated heterocycles. The van der Waals surface area contributed by atoms with Gasteiger partial charge in [0.2, 0.25) is 0 Å². The molecule has 2 N–H and O–H groups in total. The molecule has 2 unspecified atom stereocenters. The summed E-state index contributed by atoms with van der Waals surface area (Å²) < 4.78 is 5.20. The molecule has 1 heterocycles. The summed E-state index contributed by atoms with van der Waals surface area (Å²) in [4.78, 5) is 0. The van der Waals surface area contributed by atoms with E-state index in [1.165, 1.54) is 6.42 Å². The van der Waals surface area contributed by atoms with Gasteiger partial charge in [0.15, 0.2) is 0 Å². The van der Waals surface area contributed by atoms with Crippen LogP contribution in [0.4, 0.5) is 0 Å². The van der Waals surface area contributed by atoms with E-state index in [0.29, 0.717) is 11.3 Å². The van der Waals surface area contributed by atoms with E-state index in [9.17, 15) is 5.11 Å². The minimum absolute atomic E-state index is 0.0376. The topological polar surface area (TPSA) is 41.5 Å². The van der Waals surface area contributed by atoms with Crippen LogP contribution >= 0.6 is 0 Å². The molecule has 14 heavy (non-hydrogen) atoms. The molecule has 0 bridgehead atoms. The molecule has 0 spiro atoms. The molecule has 2 atom stereocenters. The Hall–Kier alpha value is -0.120. The monoisotopic (exact) mass is 199 g/mol. The zero-order valence-electron chi connectivity index (χ0n) is 8.96. The summed E-state index contributed by atoms with van der Waals surface area (Å²) in [5.41, 5.74) is 0.372. The van der Waals surface area contributed by atoms with E-state index >= 15 is 0 Å². The predicted octanol–water partition coefficient (Wildman–Crippen LogP) is 0.773. The molecule has 1 aliphatic carbocycles. The SMILES string of the molecule is CC1(CNCC2CCC(O)C2)COC1. The molecular weight excluding hydrogens is 178 g/mol. The van der Waals surface area contributed by atoms with Crippen LogP contribution in [0.15, 0.2) is 0 Å². The molecule has 2 fully saturated rings. The molecule has 0 aromatic rings. The fraction of sp³-hybridized carbons (Fsp3) is 1.00. The van der Waals surface area contributed by atoms with Crippen LogP contribution in [-0.4, -0.2) is 37.5 Å². The Morgan fingerprint density at radius 1 is 1.43 bits per heavy atom. The molecule has 3 nitrogen and oxygen atoms in total. The second-order valence-electron chi connectivity index (χ2n) is 5.27. The highest BCUT2D eigenvalue weighted by molar-refractivity contribution is 4.84. The summed E-state index contributed by atoms with van der Waals surface area (Å²) in [6.07, 6.45) is 3.12. The second kappa shape index (κ2) is 4.17. The maximum Gasteiger partial charge on any atom is 0.0554 e. The van der Waals surface area contributed by atoms with Gasteiger partial charge >= 0.3 is 0 Å². The summed E-state index contributed by atoms with van der Waals surface area (Å²) in [6, 6.07) is 0. The van der Waals surface area contributed by atoms with E-state index in [4.69, 9.17) is 4.74 Å². The van der Waals surface area contributed by atoms with Crippen molar-refractivity contribution in [2.45, 2.75) is 32.3 Å². The van der Waals surface area contributed by atoms with Gasteiger partial charge in [-0.1, -0.05) is 6.92 Å². The van der Waals surface area contributed by atoms with E-state index in [1.54, 1.807) is 0 Å². The first-order chi connectivity index (χ1) is 6.68. The van der Waals surface area contributed by atoms with E-state index in [0.717, 1.165) is 39.1 Å². The van der Waals surface area contributed by atoms with Gasteiger partial charge in [0, 0.05) is 12.0 Å². The molecular formula is C11H21NO2. The molecule has 3 heteroatoms. The normalized spacial score (nSPS) is 35.6. The lowest BCUT2D eigenvalue weighted by Gasteiger charge is -2.38. The Balaban J connectivity index is 1.58. The molecule has 2 aliphatic rings. The number of ether oxygens (including phenoxy) is 1. The predicted molar refractivity (Wildman–Crippen MR) is 55.1 cm³/mol. The smallest absolute Gasteiger partial charge is 0.0554 e. The van der Waals surface area contributed by atoms with Gasteiger partial charge in [-0.25, -0.2) is 0 Å². The fourth-order valence-electron chi connectivity index (χ4n) is 2.36. The van der Waals surface area contributed by atoms with E-state index in [1.807, 2.05) is 0 Å². The van der Waals surface area contributed by atoms with Gasteiger partial charge in [-0.15, -0.1) is 0 Å². The lowest BCUT2D eigenvalue weighted by molar-refractivity contribution is -0.0992. The average molecular weight is 199 g/mol. The summed E-state index contributed by atoms with van der Waals surface area (Å²) in [7, 11) is 0. The van der Waals surface area contributed by atoms with Crippen molar-refractivity contribution in [3.05, 3.63) is 0 Å². The molecule has 0 amide bonds. The highest BCUT2D eigenvalue weighted by Crippen LogP contribution is 2.27. The Morgan fingerprint density at radius 2 is 2.21 bits per heavy atom. The van der Waals surface area contributed by atoms with Crippen LogP contribution in [0.3, 0.4) is 0 Å². The van der Waals surface area contributed by atoms with Crippen LogP contribution in [0.25, 0.3) is 0 Å². The van der Waals surface area contributed by atoms with Crippen molar-refractivity contribution in [2.75, 3.05) is 26.3 Å². The van der Waals surface area contributed by atoms with E-state index in [-0.39, 0.29) is 6.10 Å². The van der Waals surface area contributed by atoms with Gasteiger partial charge in [0.25, 0.3) is 0 Å². The van der Waals surface area contributed by atoms with Gasteiger partial charge in [-0.2, -0.15) is 0 Å². The maximum absolute atomic E-state index is 9.37. The second-order valence-corrected chi connectivity index (χ2v) is 5.27. The highest BCUT2D eigenvalue weighted by atomic mass is 16.5. The molecule has 0 aromatic carbocycles. The number of hydrogen-bond donors (Lipinski definition) is 2. The highest BCUT2D eigenvalue weighted by Gasteiger charge is 2.33. The lowest BCUT2D eigenvalue weighted by Crippen LogP contribution is -2.48.